The smallest absolute Gasteiger partial charge is 0.340 e. The Balaban J connectivity index is 2.95. The molecule has 118 valence electrons. The van der Waals surface area contributed by atoms with Crippen molar-refractivity contribution in [3.05, 3.63) is 23.8 Å². The topological polar surface area (TPSA) is 64.3 Å². The van der Waals surface area contributed by atoms with Crippen LogP contribution in [0.1, 0.15) is 58.3 Å². The largest absolute Gasteiger partial charge is 0.462 e. The van der Waals surface area contributed by atoms with Crippen LogP contribution in [-0.4, -0.2) is 18.1 Å². The second-order valence-corrected chi connectivity index (χ2v) is 7.27. The fraction of sp³-hybridized carbons (Fsp3) is 0.588. The highest BCUT2D eigenvalue weighted by atomic mass is 16.5. The lowest BCUT2D eigenvalue weighted by molar-refractivity contribution is 0.0527. The van der Waals surface area contributed by atoms with Crippen LogP contribution >= 0.6 is 0 Å². The van der Waals surface area contributed by atoms with Crippen molar-refractivity contribution in [3.8, 4) is 0 Å². The normalized spacial score (nSPS) is 12.1. The van der Waals surface area contributed by atoms with Gasteiger partial charge in [-0.3, -0.25) is 0 Å². The summed E-state index contributed by atoms with van der Waals surface area (Å²) < 4.78 is 5.03. The number of rotatable bonds is 5. The molecule has 0 saturated heterocycles. The Kier molecular flexibility index (Phi) is 5.26. The Bertz CT molecular complexity index is 502. The lowest BCUT2D eigenvalue weighted by Gasteiger charge is -2.34. The molecule has 0 aliphatic carbocycles. The van der Waals surface area contributed by atoms with E-state index >= 15 is 0 Å². The Morgan fingerprint density at radius 2 is 1.86 bits per heavy atom. The first-order valence-corrected chi connectivity index (χ1v) is 7.39. The van der Waals surface area contributed by atoms with Crippen molar-refractivity contribution in [1.82, 2.24) is 0 Å². The molecule has 0 aliphatic heterocycles. The van der Waals surface area contributed by atoms with Crippen LogP contribution in [0.25, 0.3) is 0 Å². The maximum Gasteiger partial charge on any atom is 0.340 e. The predicted molar refractivity (Wildman–Crippen MR) is 88.6 cm³/mol. The van der Waals surface area contributed by atoms with E-state index < -0.39 is 0 Å². The fourth-order valence-electron chi connectivity index (χ4n) is 2.78. The number of esters is 1. The van der Waals surface area contributed by atoms with E-state index in [1.165, 1.54) is 0 Å². The van der Waals surface area contributed by atoms with Gasteiger partial charge < -0.3 is 15.8 Å². The van der Waals surface area contributed by atoms with Crippen LogP contribution in [-0.2, 0) is 4.74 Å². The molecular formula is C17H28N2O2. The second kappa shape index (κ2) is 6.37. The lowest BCUT2D eigenvalue weighted by atomic mass is 9.81. The first kappa shape index (κ1) is 17.3. The Hall–Kier alpha value is -1.71. The van der Waals surface area contributed by atoms with Crippen molar-refractivity contribution in [2.75, 3.05) is 17.7 Å². The van der Waals surface area contributed by atoms with Gasteiger partial charge in [0.1, 0.15) is 0 Å². The van der Waals surface area contributed by atoms with Crippen LogP contribution in [0.5, 0.6) is 0 Å². The van der Waals surface area contributed by atoms with Gasteiger partial charge in [-0.25, -0.2) is 4.79 Å². The molecule has 0 radical (unpaired) electrons. The summed E-state index contributed by atoms with van der Waals surface area (Å²) in [5, 5.41) is 3.48. The fourth-order valence-corrected chi connectivity index (χ4v) is 2.78. The summed E-state index contributed by atoms with van der Waals surface area (Å²) >= 11 is 0. The molecule has 0 spiro atoms. The summed E-state index contributed by atoms with van der Waals surface area (Å²) in [6, 6.07) is 5.39. The van der Waals surface area contributed by atoms with Gasteiger partial charge in [0.05, 0.1) is 12.2 Å². The summed E-state index contributed by atoms with van der Waals surface area (Å²) in [7, 11) is 0. The molecule has 1 aromatic carbocycles. The van der Waals surface area contributed by atoms with Gasteiger partial charge in [0, 0.05) is 16.9 Å². The monoisotopic (exact) mass is 292 g/mol. The highest BCUT2D eigenvalue weighted by Crippen LogP contribution is 2.30. The van der Waals surface area contributed by atoms with E-state index in [2.05, 4.69) is 39.9 Å². The molecule has 4 heteroatoms. The van der Waals surface area contributed by atoms with Crippen molar-refractivity contribution >= 4 is 17.3 Å². The van der Waals surface area contributed by atoms with Gasteiger partial charge in [0.25, 0.3) is 0 Å². The van der Waals surface area contributed by atoms with Gasteiger partial charge in [-0.15, -0.1) is 0 Å². The number of carbonyl (C=O) groups is 1. The van der Waals surface area contributed by atoms with Crippen LogP contribution in [0.3, 0.4) is 0 Å². The van der Waals surface area contributed by atoms with Gasteiger partial charge in [0.2, 0.25) is 0 Å². The van der Waals surface area contributed by atoms with Crippen LogP contribution in [0, 0.1) is 5.41 Å². The molecule has 0 fully saturated rings. The van der Waals surface area contributed by atoms with Crippen LogP contribution in [0.4, 0.5) is 11.4 Å². The summed E-state index contributed by atoms with van der Waals surface area (Å²) in [4.78, 5) is 11.9. The maximum atomic E-state index is 11.9. The molecule has 3 N–H and O–H groups in total. The number of nitrogen functional groups attached to an aromatic ring is 1. The maximum absolute atomic E-state index is 11.9. The molecule has 0 aliphatic rings. The highest BCUT2D eigenvalue weighted by molar-refractivity contribution is 5.96. The van der Waals surface area contributed by atoms with E-state index in [4.69, 9.17) is 10.5 Å². The zero-order valence-electron chi connectivity index (χ0n) is 14.0. The summed E-state index contributed by atoms with van der Waals surface area (Å²) in [6.07, 6.45) is 0.999. The van der Waals surface area contributed by atoms with Gasteiger partial charge in [-0.1, -0.05) is 20.8 Å². The number of ether oxygens (including phenoxy) is 1. The van der Waals surface area contributed by atoms with Crippen molar-refractivity contribution in [2.24, 2.45) is 5.41 Å². The first-order chi connectivity index (χ1) is 9.54. The summed E-state index contributed by atoms with van der Waals surface area (Å²) in [6.45, 7) is 13.1. The van der Waals surface area contributed by atoms with E-state index in [-0.39, 0.29) is 16.9 Å². The number of nitrogens with one attached hydrogen (secondary N) is 1. The average molecular weight is 292 g/mol. The Morgan fingerprint density at radius 3 is 2.38 bits per heavy atom. The number of nitrogens with two attached hydrogens (primary N) is 1. The first-order valence-electron chi connectivity index (χ1n) is 7.39. The third-order valence-electron chi connectivity index (χ3n) is 3.00. The molecule has 1 rings (SSSR count). The number of hydrogen-bond acceptors (Lipinski definition) is 4. The van der Waals surface area contributed by atoms with Gasteiger partial charge in [-0.2, -0.15) is 0 Å². The minimum Gasteiger partial charge on any atom is -0.462 e. The van der Waals surface area contributed by atoms with E-state index in [1.54, 1.807) is 19.1 Å². The van der Waals surface area contributed by atoms with E-state index in [0.717, 1.165) is 12.1 Å². The Morgan fingerprint density at radius 1 is 1.24 bits per heavy atom. The molecule has 1 aromatic rings. The van der Waals surface area contributed by atoms with E-state index in [9.17, 15) is 4.79 Å². The van der Waals surface area contributed by atoms with Gasteiger partial charge in [0.15, 0.2) is 0 Å². The zero-order valence-corrected chi connectivity index (χ0v) is 14.0. The average Bonchev–Trinajstić information content (AvgIpc) is 2.28. The third kappa shape index (κ3) is 5.66. The van der Waals surface area contributed by atoms with Crippen LogP contribution in [0.15, 0.2) is 18.2 Å². The minimum absolute atomic E-state index is 0.0830. The highest BCUT2D eigenvalue weighted by Gasteiger charge is 2.25. The molecule has 0 bridgehead atoms. The number of hydrogen-bond donors (Lipinski definition) is 2. The van der Waals surface area contributed by atoms with Gasteiger partial charge in [-0.05, 0) is 50.8 Å². The SMILES string of the molecule is CCOC(=O)c1cc(NC(C)(C)CC(C)(C)C)ccc1N. The van der Waals surface area contributed by atoms with Crippen molar-refractivity contribution in [1.29, 1.82) is 0 Å². The van der Waals surface area contributed by atoms with Crippen molar-refractivity contribution < 1.29 is 9.53 Å². The minimum atomic E-state index is -0.382. The van der Waals surface area contributed by atoms with Gasteiger partial charge >= 0.3 is 5.97 Å². The third-order valence-corrected chi connectivity index (χ3v) is 3.00. The molecular weight excluding hydrogens is 264 g/mol. The quantitative estimate of drug-likeness (QED) is 0.634. The second-order valence-electron chi connectivity index (χ2n) is 7.27. The summed E-state index contributed by atoms with van der Waals surface area (Å²) in [5.74, 6) is -0.382. The number of benzene rings is 1. The molecule has 0 unspecified atom stereocenters. The molecule has 21 heavy (non-hydrogen) atoms. The predicted octanol–water partition coefficient (Wildman–Crippen LogP) is 4.07. The zero-order chi connectivity index (χ0) is 16.3. The molecule has 0 amide bonds. The van der Waals surface area contributed by atoms with Crippen molar-refractivity contribution in [2.45, 2.75) is 53.5 Å². The summed E-state index contributed by atoms with van der Waals surface area (Å²) in [5.41, 5.74) is 7.72. The van der Waals surface area contributed by atoms with Crippen molar-refractivity contribution in [3.63, 3.8) is 0 Å². The van der Waals surface area contributed by atoms with Crippen LogP contribution in [0.2, 0.25) is 0 Å². The van der Waals surface area contributed by atoms with E-state index in [1.807, 2.05) is 6.07 Å². The Labute approximate surface area is 128 Å². The van der Waals surface area contributed by atoms with E-state index in [0.29, 0.717) is 17.9 Å². The molecule has 4 nitrogen and oxygen atoms in total. The number of carbonyl (C=O) groups excluding carboxylic acids is 1. The molecule has 0 atom stereocenters. The lowest BCUT2D eigenvalue weighted by Crippen LogP contribution is -2.35. The standard InChI is InChI=1S/C17H28N2O2/c1-7-21-15(20)13-10-12(8-9-14(13)18)19-17(5,6)11-16(2,3)4/h8-10,19H,7,11,18H2,1-6H3. The molecule has 0 aromatic heterocycles. The molecule has 0 heterocycles. The molecule has 0 saturated carbocycles. The van der Waals surface area contributed by atoms with Crippen LogP contribution < -0.4 is 11.1 Å². The number of anilines is 2.